The Morgan fingerprint density at radius 2 is 2.05 bits per heavy atom. The van der Waals surface area contributed by atoms with Gasteiger partial charge in [0.25, 0.3) is 0 Å². The zero-order valence-corrected chi connectivity index (χ0v) is 12.0. The van der Waals surface area contributed by atoms with E-state index in [1.807, 2.05) is 0 Å². The van der Waals surface area contributed by atoms with Gasteiger partial charge in [0.05, 0.1) is 6.42 Å². The van der Waals surface area contributed by atoms with Crippen molar-refractivity contribution in [2.45, 2.75) is 11.3 Å². The summed E-state index contributed by atoms with van der Waals surface area (Å²) in [5.74, 6) is -0.661. The van der Waals surface area contributed by atoms with Gasteiger partial charge in [0, 0.05) is 12.5 Å². The molecular formula is C14H13NO5S. The van der Waals surface area contributed by atoms with Gasteiger partial charge in [0.2, 0.25) is 5.88 Å². The van der Waals surface area contributed by atoms with E-state index < -0.39 is 15.8 Å². The van der Waals surface area contributed by atoms with Crippen molar-refractivity contribution in [2.24, 2.45) is 0 Å². The van der Waals surface area contributed by atoms with Crippen molar-refractivity contribution >= 4 is 15.8 Å². The predicted molar refractivity (Wildman–Crippen MR) is 75.2 cm³/mol. The quantitative estimate of drug-likeness (QED) is 0.906. The average molecular weight is 307 g/mol. The van der Waals surface area contributed by atoms with Gasteiger partial charge in [-0.15, -0.1) is 0 Å². The van der Waals surface area contributed by atoms with E-state index in [2.05, 4.69) is 4.98 Å². The molecule has 0 aliphatic carbocycles. The summed E-state index contributed by atoms with van der Waals surface area (Å²) in [7, 11) is -3.46. The van der Waals surface area contributed by atoms with Gasteiger partial charge in [0.15, 0.2) is 9.84 Å². The molecule has 1 aromatic carbocycles. The summed E-state index contributed by atoms with van der Waals surface area (Å²) in [6.07, 6.45) is 2.35. The molecule has 0 bridgehead atoms. The maximum atomic E-state index is 11.7. The number of aromatic nitrogens is 1. The summed E-state index contributed by atoms with van der Waals surface area (Å²) >= 11 is 0. The molecule has 1 N–H and O–H groups in total. The van der Waals surface area contributed by atoms with Crippen LogP contribution >= 0.6 is 0 Å². The smallest absolute Gasteiger partial charge is 0.307 e. The normalized spacial score (nSPS) is 11.1. The first-order valence-corrected chi connectivity index (χ1v) is 7.89. The number of carboxylic acids is 1. The van der Waals surface area contributed by atoms with Gasteiger partial charge in [0.1, 0.15) is 10.6 Å². The number of sulfone groups is 1. The molecular weight excluding hydrogens is 294 g/mol. The molecule has 0 unspecified atom stereocenters. The van der Waals surface area contributed by atoms with Crippen LogP contribution in [0.3, 0.4) is 0 Å². The molecule has 0 amide bonds. The number of rotatable bonds is 5. The Morgan fingerprint density at radius 3 is 2.71 bits per heavy atom. The first-order valence-electron chi connectivity index (χ1n) is 6.00. The zero-order chi connectivity index (χ0) is 15.5. The summed E-state index contributed by atoms with van der Waals surface area (Å²) in [6, 6.07) is 9.33. The van der Waals surface area contributed by atoms with Crippen molar-refractivity contribution in [3.8, 4) is 11.6 Å². The summed E-state index contributed by atoms with van der Waals surface area (Å²) in [4.78, 5) is 14.6. The molecule has 1 aromatic heterocycles. The Balaban J connectivity index is 2.33. The number of hydrogen-bond acceptors (Lipinski definition) is 5. The SMILES string of the molecule is CS(=O)(=O)c1cccnc1Oc1cccc(CC(=O)O)c1. The van der Waals surface area contributed by atoms with Crippen LogP contribution in [-0.4, -0.2) is 30.7 Å². The van der Waals surface area contributed by atoms with Crippen LogP contribution in [0.15, 0.2) is 47.5 Å². The number of aliphatic carboxylic acids is 1. The molecule has 2 aromatic rings. The Hall–Kier alpha value is -2.41. The topological polar surface area (TPSA) is 93.6 Å². The molecule has 6 nitrogen and oxygen atoms in total. The van der Waals surface area contributed by atoms with E-state index in [0.717, 1.165) is 6.26 Å². The second-order valence-electron chi connectivity index (χ2n) is 4.40. The second kappa shape index (κ2) is 5.92. The lowest BCUT2D eigenvalue weighted by atomic mass is 10.1. The third kappa shape index (κ3) is 4.03. The molecule has 0 spiro atoms. The number of nitrogens with zero attached hydrogens (tertiary/aromatic N) is 1. The minimum atomic E-state index is -3.46. The maximum Gasteiger partial charge on any atom is 0.307 e. The first kappa shape index (κ1) is 15.0. The van der Waals surface area contributed by atoms with E-state index in [1.54, 1.807) is 18.2 Å². The standard InChI is InChI=1S/C14H13NO5S/c1-21(18,19)12-6-3-7-15-14(12)20-11-5-2-4-10(8-11)9-13(16)17/h2-8H,9H2,1H3,(H,16,17). The van der Waals surface area contributed by atoms with E-state index in [1.165, 1.54) is 24.4 Å². The highest BCUT2D eigenvalue weighted by atomic mass is 32.2. The highest BCUT2D eigenvalue weighted by molar-refractivity contribution is 7.90. The van der Waals surface area contributed by atoms with Crippen LogP contribution in [0.25, 0.3) is 0 Å². The van der Waals surface area contributed by atoms with Gasteiger partial charge in [-0.25, -0.2) is 13.4 Å². The predicted octanol–water partition coefficient (Wildman–Crippen LogP) is 1.90. The Kier molecular flexibility index (Phi) is 4.23. The lowest BCUT2D eigenvalue weighted by molar-refractivity contribution is -0.136. The van der Waals surface area contributed by atoms with E-state index in [4.69, 9.17) is 9.84 Å². The van der Waals surface area contributed by atoms with E-state index in [9.17, 15) is 13.2 Å². The number of hydrogen-bond donors (Lipinski definition) is 1. The number of pyridine rings is 1. The average Bonchev–Trinajstić information content (AvgIpc) is 2.37. The zero-order valence-electron chi connectivity index (χ0n) is 11.2. The number of benzene rings is 1. The summed E-state index contributed by atoms with van der Waals surface area (Å²) < 4.78 is 28.8. The number of ether oxygens (including phenoxy) is 1. The van der Waals surface area contributed by atoms with Gasteiger partial charge >= 0.3 is 5.97 Å². The second-order valence-corrected chi connectivity index (χ2v) is 6.38. The molecule has 0 fully saturated rings. The largest absolute Gasteiger partial charge is 0.481 e. The highest BCUT2D eigenvalue weighted by Gasteiger charge is 2.16. The van der Waals surface area contributed by atoms with Gasteiger partial charge in [-0.3, -0.25) is 4.79 Å². The molecule has 0 aliphatic rings. The van der Waals surface area contributed by atoms with Gasteiger partial charge in [-0.2, -0.15) is 0 Å². The van der Waals surface area contributed by atoms with Crippen LogP contribution < -0.4 is 4.74 Å². The van der Waals surface area contributed by atoms with Gasteiger partial charge < -0.3 is 9.84 Å². The Labute approximate surface area is 121 Å². The molecule has 1 heterocycles. The summed E-state index contributed by atoms with van der Waals surface area (Å²) in [5.41, 5.74) is 0.553. The molecule has 2 rings (SSSR count). The molecule has 21 heavy (non-hydrogen) atoms. The fourth-order valence-electron chi connectivity index (χ4n) is 1.74. The first-order chi connectivity index (χ1) is 9.86. The molecule has 0 saturated heterocycles. The molecule has 0 atom stereocenters. The van der Waals surface area contributed by atoms with Crippen LogP contribution in [0, 0.1) is 0 Å². The Morgan fingerprint density at radius 1 is 1.29 bits per heavy atom. The minimum Gasteiger partial charge on any atom is -0.481 e. The van der Waals surface area contributed by atoms with Crippen molar-refractivity contribution in [3.63, 3.8) is 0 Å². The van der Waals surface area contributed by atoms with E-state index >= 15 is 0 Å². The monoisotopic (exact) mass is 307 g/mol. The Bertz CT molecular complexity index is 770. The van der Waals surface area contributed by atoms with E-state index in [-0.39, 0.29) is 17.2 Å². The van der Waals surface area contributed by atoms with Crippen molar-refractivity contribution in [3.05, 3.63) is 48.2 Å². The fourth-order valence-corrected chi connectivity index (χ4v) is 2.48. The third-order valence-electron chi connectivity index (χ3n) is 2.60. The van der Waals surface area contributed by atoms with Crippen LogP contribution in [0.4, 0.5) is 0 Å². The molecule has 0 saturated carbocycles. The van der Waals surface area contributed by atoms with Crippen molar-refractivity contribution < 1.29 is 23.1 Å². The van der Waals surface area contributed by atoms with Crippen molar-refractivity contribution in [2.75, 3.05) is 6.26 Å². The lowest BCUT2D eigenvalue weighted by Crippen LogP contribution is -2.02. The van der Waals surface area contributed by atoms with Crippen molar-refractivity contribution in [1.29, 1.82) is 0 Å². The summed E-state index contributed by atoms with van der Waals surface area (Å²) in [6.45, 7) is 0. The fraction of sp³-hybridized carbons (Fsp3) is 0.143. The molecule has 7 heteroatoms. The summed E-state index contributed by atoms with van der Waals surface area (Å²) in [5, 5.41) is 8.77. The molecule has 110 valence electrons. The molecule has 0 radical (unpaired) electrons. The van der Waals surface area contributed by atoms with Crippen LogP contribution in [0.2, 0.25) is 0 Å². The number of carboxylic acid groups (broad SMARTS) is 1. The lowest BCUT2D eigenvalue weighted by Gasteiger charge is -2.09. The molecule has 0 aliphatic heterocycles. The van der Waals surface area contributed by atoms with Crippen LogP contribution in [0.5, 0.6) is 11.6 Å². The van der Waals surface area contributed by atoms with Crippen LogP contribution in [0.1, 0.15) is 5.56 Å². The minimum absolute atomic E-state index is 0.0198. The van der Waals surface area contributed by atoms with Crippen molar-refractivity contribution in [1.82, 2.24) is 4.98 Å². The van der Waals surface area contributed by atoms with E-state index in [0.29, 0.717) is 11.3 Å². The van der Waals surface area contributed by atoms with Gasteiger partial charge in [-0.1, -0.05) is 12.1 Å². The highest BCUT2D eigenvalue weighted by Crippen LogP contribution is 2.26. The third-order valence-corrected chi connectivity index (χ3v) is 3.71. The van der Waals surface area contributed by atoms with Crippen LogP contribution in [-0.2, 0) is 21.1 Å². The number of carbonyl (C=O) groups is 1. The van der Waals surface area contributed by atoms with Gasteiger partial charge in [-0.05, 0) is 29.8 Å². The maximum absolute atomic E-state index is 11.7.